The highest BCUT2D eigenvalue weighted by molar-refractivity contribution is 6.11. The van der Waals surface area contributed by atoms with E-state index in [0.29, 0.717) is 29.1 Å². The number of hydrogen-bond acceptors (Lipinski definition) is 6. The number of hydrogen-bond donors (Lipinski definition) is 2. The maximum Gasteiger partial charge on any atom is 0.276 e. The van der Waals surface area contributed by atoms with E-state index in [4.69, 9.17) is 0 Å². The molecule has 0 aliphatic rings. The number of amides is 1. The highest BCUT2D eigenvalue weighted by Crippen LogP contribution is 2.22. The van der Waals surface area contributed by atoms with Crippen LogP contribution >= 0.6 is 0 Å². The topological polar surface area (TPSA) is 96.2 Å². The Kier molecular flexibility index (Phi) is 4.97. The van der Waals surface area contributed by atoms with Gasteiger partial charge in [-0.05, 0) is 42.0 Å². The van der Waals surface area contributed by atoms with Crippen molar-refractivity contribution < 1.29 is 10.0 Å². The van der Waals surface area contributed by atoms with E-state index in [1.807, 2.05) is 59.3 Å². The van der Waals surface area contributed by atoms with Gasteiger partial charge in [-0.2, -0.15) is 5.10 Å². The number of fused-ring (bicyclic) bond motifs is 2. The molecule has 2 aromatic heterocycles. The van der Waals surface area contributed by atoms with Crippen LogP contribution in [0.25, 0.3) is 21.9 Å². The molecule has 3 aromatic carbocycles. The van der Waals surface area contributed by atoms with Gasteiger partial charge < -0.3 is 5.32 Å². The van der Waals surface area contributed by atoms with Crippen molar-refractivity contribution in [3.63, 3.8) is 0 Å². The lowest BCUT2D eigenvalue weighted by Gasteiger charge is -2.11. The SMILES string of the molecule is CN(O)c1ccc(Cn2nc(C(=O)Nc3ccc4nccnc4c3)c3ccccc32)cc1. The summed E-state index contributed by atoms with van der Waals surface area (Å²) in [4.78, 5) is 21.6. The smallest absolute Gasteiger partial charge is 0.276 e. The molecule has 0 saturated carbocycles. The van der Waals surface area contributed by atoms with Crippen LogP contribution < -0.4 is 10.4 Å². The molecule has 0 spiro atoms. The number of rotatable bonds is 5. The number of carbonyl (C=O) groups excluding carboxylic acids is 1. The van der Waals surface area contributed by atoms with Crippen LogP contribution in [0, 0.1) is 0 Å². The van der Waals surface area contributed by atoms with E-state index in [-0.39, 0.29) is 5.91 Å². The summed E-state index contributed by atoms with van der Waals surface area (Å²) in [5.74, 6) is -0.291. The number of aromatic nitrogens is 4. The molecule has 2 N–H and O–H groups in total. The third-order valence-electron chi connectivity index (χ3n) is 5.24. The first-order valence-electron chi connectivity index (χ1n) is 10.1. The molecular formula is C24H20N6O2. The summed E-state index contributed by atoms with van der Waals surface area (Å²) in [6, 6.07) is 20.6. The van der Waals surface area contributed by atoms with Crippen molar-refractivity contribution in [2.45, 2.75) is 6.54 Å². The molecule has 0 bridgehead atoms. The molecule has 5 rings (SSSR count). The van der Waals surface area contributed by atoms with Crippen LogP contribution in [-0.4, -0.2) is 37.9 Å². The number of para-hydroxylation sites is 1. The normalized spacial score (nSPS) is 11.1. The minimum absolute atomic E-state index is 0.291. The van der Waals surface area contributed by atoms with Crippen molar-refractivity contribution in [3.05, 3.63) is 90.4 Å². The highest BCUT2D eigenvalue weighted by atomic mass is 16.5. The van der Waals surface area contributed by atoms with Gasteiger partial charge in [-0.3, -0.25) is 29.7 Å². The number of nitrogens with zero attached hydrogens (tertiary/aromatic N) is 5. The van der Waals surface area contributed by atoms with Gasteiger partial charge in [0.1, 0.15) is 0 Å². The third-order valence-corrected chi connectivity index (χ3v) is 5.24. The van der Waals surface area contributed by atoms with Crippen LogP contribution in [0.3, 0.4) is 0 Å². The molecule has 0 atom stereocenters. The maximum absolute atomic E-state index is 13.1. The van der Waals surface area contributed by atoms with E-state index >= 15 is 0 Å². The Morgan fingerprint density at radius 2 is 1.75 bits per heavy atom. The van der Waals surface area contributed by atoms with E-state index in [9.17, 15) is 10.0 Å². The third kappa shape index (κ3) is 3.75. The van der Waals surface area contributed by atoms with Crippen molar-refractivity contribution in [3.8, 4) is 0 Å². The fraction of sp³-hybridized carbons (Fsp3) is 0.0833. The van der Waals surface area contributed by atoms with Gasteiger partial charge in [-0.25, -0.2) is 0 Å². The number of nitrogens with one attached hydrogen (secondary N) is 1. The Morgan fingerprint density at radius 3 is 2.53 bits per heavy atom. The first kappa shape index (κ1) is 19.7. The fourth-order valence-electron chi connectivity index (χ4n) is 3.64. The average molecular weight is 424 g/mol. The van der Waals surface area contributed by atoms with E-state index in [1.165, 1.54) is 0 Å². The van der Waals surface area contributed by atoms with Gasteiger partial charge in [0.25, 0.3) is 5.91 Å². The lowest BCUT2D eigenvalue weighted by atomic mass is 10.2. The Hall–Kier alpha value is -4.30. The monoisotopic (exact) mass is 424 g/mol. The molecule has 1 amide bonds. The van der Waals surface area contributed by atoms with E-state index < -0.39 is 0 Å². The Balaban J connectivity index is 1.45. The predicted molar refractivity (Wildman–Crippen MR) is 123 cm³/mol. The van der Waals surface area contributed by atoms with Crippen LogP contribution in [0.5, 0.6) is 0 Å². The molecular weight excluding hydrogens is 404 g/mol. The van der Waals surface area contributed by atoms with Crippen LogP contribution in [0.1, 0.15) is 16.1 Å². The number of benzene rings is 3. The predicted octanol–water partition coefficient (Wildman–Crippen LogP) is 4.11. The van der Waals surface area contributed by atoms with Crippen LogP contribution in [0.4, 0.5) is 11.4 Å². The van der Waals surface area contributed by atoms with Gasteiger partial charge in [0.2, 0.25) is 0 Å². The van der Waals surface area contributed by atoms with Gasteiger partial charge in [-0.1, -0.05) is 30.3 Å². The molecule has 0 unspecified atom stereocenters. The quantitative estimate of drug-likeness (QED) is 0.412. The Morgan fingerprint density at radius 1 is 1.00 bits per heavy atom. The lowest BCUT2D eigenvalue weighted by Crippen LogP contribution is -2.14. The second-order valence-corrected chi connectivity index (χ2v) is 7.43. The largest absolute Gasteiger partial charge is 0.320 e. The van der Waals surface area contributed by atoms with Crippen LogP contribution in [0.15, 0.2) is 79.1 Å². The minimum Gasteiger partial charge on any atom is -0.320 e. The highest BCUT2D eigenvalue weighted by Gasteiger charge is 2.17. The molecule has 0 aliphatic carbocycles. The molecule has 32 heavy (non-hydrogen) atoms. The van der Waals surface area contributed by atoms with Crippen molar-refractivity contribution >= 4 is 39.2 Å². The zero-order valence-electron chi connectivity index (χ0n) is 17.3. The summed E-state index contributed by atoms with van der Waals surface area (Å²) in [5.41, 5.74) is 5.02. The first-order chi connectivity index (χ1) is 15.6. The van der Waals surface area contributed by atoms with Gasteiger partial charge in [0, 0.05) is 30.5 Å². The van der Waals surface area contributed by atoms with E-state index in [1.54, 1.807) is 31.6 Å². The summed E-state index contributed by atoms with van der Waals surface area (Å²) in [5, 5.41) is 18.9. The Labute approximate surface area is 183 Å². The van der Waals surface area contributed by atoms with Gasteiger partial charge >= 0.3 is 0 Å². The average Bonchev–Trinajstić information content (AvgIpc) is 3.18. The minimum atomic E-state index is -0.291. The zero-order chi connectivity index (χ0) is 22.1. The summed E-state index contributed by atoms with van der Waals surface area (Å²) < 4.78 is 1.81. The van der Waals surface area contributed by atoms with E-state index in [2.05, 4.69) is 20.4 Å². The second kappa shape index (κ2) is 8.09. The summed E-state index contributed by atoms with van der Waals surface area (Å²) in [6.45, 7) is 0.495. The summed E-state index contributed by atoms with van der Waals surface area (Å²) in [6.07, 6.45) is 3.25. The molecule has 2 heterocycles. The molecule has 5 aromatic rings. The molecule has 0 aliphatic heterocycles. The standard InChI is InChI=1S/C24H20N6O2/c1-29(32)18-9-6-16(7-10-18)15-30-22-5-3-2-4-19(22)23(28-30)24(31)27-17-8-11-20-21(14-17)26-13-12-25-20/h2-14,32H,15H2,1H3,(H,27,31). The van der Waals surface area contributed by atoms with Gasteiger partial charge in [0.15, 0.2) is 5.69 Å². The number of anilines is 2. The van der Waals surface area contributed by atoms with Crippen molar-refractivity contribution in [1.82, 2.24) is 19.7 Å². The molecule has 8 nitrogen and oxygen atoms in total. The number of carbonyl (C=O) groups is 1. The van der Waals surface area contributed by atoms with Gasteiger partial charge in [-0.15, -0.1) is 0 Å². The van der Waals surface area contributed by atoms with Crippen LogP contribution in [0.2, 0.25) is 0 Å². The summed E-state index contributed by atoms with van der Waals surface area (Å²) >= 11 is 0. The Bertz CT molecular complexity index is 1430. The molecule has 0 saturated heterocycles. The molecule has 0 radical (unpaired) electrons. The molecule has 158 valence electrons. The number of hydroxylamine groups is 1. The van der Waals surface area contributed by atoms with Crippen molar-refractivity contribution in [2.75, 3.05) is 17.4 Å². The maximum atomic E-state index is 13.1. The fourth-order valence-corrected chi connectivity index (χ4v) is 3.64. The zero-order valence-corrected chi connectivity index (χ0v) is 17.3. The second-order valence-electron chi connectivity index (χ2n) is 7.43. The lowest BCUT2D eigenvalue weighted by molar-refractivity contribution is 0.102. The first-order valence-corrected chi connectivity index (χ1v) is 10.1. The van der Waals surface area contributed by atoms with Gasteiger partial charge in [0.05, 0.1) is 28.8 Å². The van der Waals surface area contributed by atoms with E-state index in [0.717, 1.165) is 27.0 Å². The van der Waals surface area contributed by atoms with Crippen molar-refractivity contribution in [1.29, 1.82) is 0 Å². The molecule has 0 fully saturated rings. The molecule has 8 heteroatoms. The summed E-state index contributed by atoms with van der Waals surface area (Å²) in [7, 11) is 1.57. The van der Waals surface area contributed by atoms with Crippen molar-refractivity contribution in [2.24, 2.45) is 0 Å². The van der Waals surface area contributed by atoms with Crippen LogP contribution in [-0.2, 0) is 6.54 Å².